The summed E-state index contributed by atoms with van der Waals surface area (Å²) >= 11 is 0. The Kier molecular flexibility index (Phi) is 3.22. The molecule has 0 amide bonds. The minimum absolute atomic E-state index is 0.376. The van der Waals surface area contributed by atoms with Crippen molar-refractivity contribution in [2.45, 2.75) is 19.8 Å². The van der Waals surface area contributed by atoms with Crippen LogP contribution in [-0.4, -0.2) is 22.7 Å². The number of rotatable bonds is 5. The van der Waals surface area contributed by atoms with Crippen LogP contribution >= 0.6 is 0 Å². The number of allylic oxidation sites excluding steroid dienone is 1. The first-order chi connectivity index (χ1) is 9.69. The lowest BCUT2D eigenvalue weighted by atomic mass is 10.00. The Labute approximate surface area is 117 Å². The normalized spacial score (nSPS) is 15.6. The number of aliphatic carboxylic acids is 1. The van der Waals surface area contributed by atoms with Crippen LogP contribution in [0.15, 0.2) is 30.5 Å². The molecule has 104 valence electrons. The van der Waals surface area contributed by atoms with Gasteiger partial charge in [0, 0.05) is 28.7 Å². The van der Waals surface area contributed by atoms with Gasteiger partial charge in [0.15, 0.2) is 0 Å². The number of aromatic nitrogens is 1. The second-order valence-corrected chi connectivity index (χ2v) is 5.05. The Balaban J connectivity index is 2.09. The summed E-state index contributed by atoms with van der Waals surface area (Å²) in [5, 5.41) is 10.1. The predicted molar refractivity (Wildman–Crippen MR) is 77.8 cm³/mol. The molecule has 20 heavy (non-hydrogen) atoms. The Morgan fingerprint density at radius 1 is 1.50 bits per heavy atom. The molecule has 0 radical (unpaired) electrons. The van der Waals surface area contributed by atoms with E-state index in [2.05, 4.69) is 4.98 Å². The molecule has 1 saturated carbocycles. The highest BCUT2D eigenvalue weighted by Gasteiger charge is 2.29. The fourth-order valence-electron chi connectivity index (χ4n) is 2.54. The first kappa shape index (κ1) is 12.8. The van der Waals surface area contributed by atoms with E-state index < -0.39 is 5.97 Å². The molecule has 1 aromatic heterocycles. The minimum Gasteiger partial charge on any atom is -0.494 e. The van der Waals surface area contributed by atoms with Gasteiger partial charge in [0.2, 0.25) is 0 Å². The average Bonchev–Trinajstić information content (AvgIpc) is 3.17. The van der Waals surface area contributed by atoms with Gasteiger partial charge < -0.3 is 14.8 Å². The Hall–Kier alpha value is -2.23. The number of carboxylic acids is 1. The van der Waals surface area contributed by atoms with Crippen molar-refractivity contribution in [3.63, 3.8) is 0 Å². The minimum atomic E-state index is -0.887. The van der Waals surface area contributed by atoms with Crippen molar-refractivity contribution >= 4 is 22.4 Å². The number of hydrogen-bond acceptors (Lipinski definition) is 2. The number of aromatic amines is 1. The van der Waals surface area contributed by atoms with E-state index in [9.17, 15) is 4.79 Å². The molecule has 2 N–H and O–H groups in total. The van der Waals surface area contributed by atoms with Crippen molar-refractivity contribution in [3.05, 3.63) is 36.0 Å². The number of carbonyl (C=O) groups is 1. The van der Waals surface area contributed by atoms with Crippen LogP contribution in [0, 0.1) is 5.92 Å². The molecule has 0 aliphatic heterocycles. The second-order valence-electron chi connectivity index (χ2n) is 5.05. The fraction of sp³-hybridized carbons (Fsp3) is 0.312. The molecule has 1 fully saturated rings. The lowest BCUT2D eigenvalue weighted by molar-refractivity contribution is -0.131. The Bertz CT molecular complexity index is 680. The monoisotopic (exact) mass is 271 g/mol. The SMILES string of the molecule is CCOc1ccc2[nH]cc(/C(=C/C(=O)O)C3CC3)c2c1. The summed E-state index contributed by atoms with van der Waals surface area (Å²) in [5.41, 5.74) is 2.89. The molecule has 1 aliphatic carbocycles. The summed E-state index contributed by atoms with van der Waals surface area (Å²) in [6, 6.07) is 5.86. The molecule has 4 heteroatoms. The van der Waals surface area contributed by atoms with Gasteiger partial charge >= 0.3 is 5.97 Å². The molecule has 2 aromatic rings. The molecule has 4 nitrogen and oxygen atoms in total. The fourth-order valence-corrected chi connectivity index (χ4v) is 2.54. The van der Waals surface area contributed by atoms with Crippen molar-refractivity contribution in [2.75, 3.05) is 6.61 Å². The van der Waals surface area contributed by atoms with Crippen molar-refractivity contribution in [2.24, 2.45) is 5.92 Å². The number of H-pyrrole nitrogens is 1. The molecule has 1 aliphatic rings. The lowest BCUT2D eigenvalue weighted by Crippen LogP contribution is -1.94. The maximum absolute atomic E-state index is 11.0. The van der Waals surface area contributed by atoms with Gasteiger partial charge in [0.1, 0.15) is 5.75 Å². The molecular formula is C16H17NO3. The third-order valence-corrected chi connectivity index (χ3v) is 3.57. The molecule has 0 bridgehead atoms. The quantitative estimate of drug-likeness (QED) is 0.819. The van der Waals surface area contributed by atoms with Gasteiger partial charge in [-0.2, -0.15) is 0 Å². The van der Waals surface area contributed by atoms with Gasteiger partial charge in [0.05, 0.1) is 6.61 Å². The first-order valence-corrected chi connectivity index (χ1v) is 6.88. The van der Waals surface area contributed by atoms with Crippen molar-refractivity contribution in [1.82, 2.24) is 4.98 Å². The van der Waals surface area contributed by atoms with Gasteiger partial charge in [-0.1, -0.05) is 0 Å². The zero-order valence-corrected chi connectivity index (χ0v) is 11.3. The van der Waals surface area contributed by atoms with Crippen LogP contribution < -0.4 is 4.74 Å². The highest BCUT2D eigenvalue weighted by molar-refractivity contribution is 5.99. The van der Waals surface area contributed by atoms with Gasteiger partial charge in [-0.15, -0.1) is 0 Å². The Morgan fingerprint density at radius 2 is 2.30 bits per heavy atom. The number of hydrogen-bond donors (Lipinski definition) is 2. The molecule has 3 rings (SSSR count). The van der Waals surface area contributed by atoms with Crippen LogP contribution in [0.3, 0.4) is 0 Å². The summed E-state index contributed by atoms with van der Waals surface area (Å²) < 4.78 is 5.53. The van der Waals surface area contributed by atoms with E-state index in [0.29, 0.717) is 12.5 Å². The van der Waals surface area contributed by atoms with Crippen LogP contribution in [0.1, 0.15) is 25.3 Å². The van der Waals surface area contributed by atoms with E-state index in [1.54, 1.807) is 0 Å². The number of fused-ring (bicyclic) bond motifs is 1. The summed E-state index contributed by atoms with van der Waals surface area (Å²) in [6.45, 7) is 2.56. The lowest BCUT2D eigenvalue weighted by Gasteiger charge is -2.06. The molecule has 0 saturated heterocycles. The smallest absolute Gasteiger partial charge is 0.328 e. The number of nitrogens with one attached hydrogen (secondary N) is 1. The topological polar surface area (TPSA) is 62.3 Å². The predicted octanol–water partition coefficient (Wildman–Crippen LogP) is 3.44. The van der Waals surface area contributed by atoms with Crippen LogP contribution in [0.25, 0.3) is 16.5 Å². The van der Waals surface area contributed by atoms with Crippen LogP contribution in [0.2, 0.25) is 0 Å². The zero-order chi connectivity index (χ0) is 14.1. The van der Waals surface area contributed by atoms with Crippen LogP contribution in [-0.2, 0) is 4.79 Å². The number of carboxylic acid groups (broad SMARTS) is 1. The molecule has 1 aromatic carbocycles. The highest BCUT2D eigenvalue weighted by atomic mass is 16.5. The third-order valence-electron chi connectivity index (χ3n) is 3.57. The van der Waals surface area contributed by atoms with E-state index in [1.165, 1.54) is 6.08 Å². The van der Waals surface area contributed by atoms with E-state index in [4.69, 9.17) is 9.84 Å². The van der Waals surface area contributed by atoms with Crippen molar-refractivity contribution < 1.29 is 14.6 Å². The molecule has 0 unspecified atom stereocenters. The molecular weight excluding hydrogens is 254 g/mol. The van der Waals surface area contributed by atoms with Gasteiger partial charge in [-0.3, -0.25) is 0 Å². The van der Waals surface area contributed by atoms with E-state index >= 15 is 0 Å². The Morgan fingerprint density at radius 3 is 2.95 bits per heavy atom. The summed E-state index contributed by atoms with van der Waals surface area (Å²) in [6.07, 6.45) is 5.37. The van der Waals surface area contributed by atoms with Crippen LogP contribution in [0.5, 0.6) is 5.75 Å². The average molecular weight is 271 g/mol. The maximum Gasteiger partial charge on any atom is 0.328 e. The van der Waals surface area contributed by atoms with Gasteiger partial charge in [-0.05, 0) is 49.5 Å². The van der Waals surface area contributed by atoms with E-state index in [1.807, 2.05) is 31.3 Å². The molecule has 0 spiro atoms. The summed E-state index contributed by atoms with van der Waals surface area (Å²) in [4.78, 5) is 14.2. The van der Waals surface area contributed by atoms with Crippen LogP contribution in [0.4, 0.5) is 0 Å². The zero-order valence-electron chi connectivity index (χ0n) is 11.3. The van der Waals surface area contributed by atoms with E-state index in [-0.39, 0.29) is 0 Å². The van der Waals surface area contributed by atoms with Crippen molar-refractivity contribution in [1.29, 1.82) is 0 Å². The highest BCUT2D eigenvalue weighted by Crippen LogP contribution is 2.44. The van der Waals surface area contributed by atoms with Gasteiger partial charge in [0.25, 0.3) is 0 Å². The standard InChI is InChI=1S/C16H17NO3/c1-2-20-11-5-6-15-13(7-11)14(9-17-15)12(8-16(18)19)10-3-4-10/h5-10,17H,2-4H2,1H3,(H,18,19)/b12-8+. The molecule has 1 heterocycles. The number of ether oxygens (including phenoxy) is 1. The number of benzene rings is 1. The summed E-state index contributed by atoms with van der Waals surface area (Å²) in [7, 11) is 0. The first-order valence-electron chi connectivity index (χ1n) is 6.88. The second kappa shape index (κ2) is 5.04. The third kappa shape index (κ3) is 2.41. The molecule has 0 atom stereocenters. The largest absolute Gasteiger partial charge is 0.494 e. The maximum atomic E-state index is 11.0. The van der Waals surface area contributed by atoms with Gasteiger partial charge in [-0.25, -0.2) is 4.79 Å². The van der Waals surface area contributed by atoms with E-state index in [0.717, 1.165) is 40.6 Å². The summed E-state index contributed by atoms with van der Waals surface area (Å²) in [5.74, 6) is 0.300. The van der Waals surface area contributed by atoms with Crippen molar-refractivity contribution in [3.8, 4) is 5.75 Å².